The maximum absolute atomic E-state index is 11.1. The first kappa shape index (κ1) is 17.5. The fourth-order valence-corrected chi connectivity index (χ4v) is 3.51. The Balaban J connectivity index is 1.60. The molecule has 132 valence electrons. The van der Waals surface area contributed by atoms with Crippen molar-refractivity contribution in [2.24, 2.45) is 0 Å². The Kier molecular flexibility index (Phi) is 5.75. The lowest BCUT2D eigenvalue weighted by Crippen LogP contribution is -2.31. The number of amides is 1. The van der Waals surface area contributed by atoms with Crippen LogP contribution in [0.2, 0.25) is 0 Å². The third-order valence-corrected chi connectivity index (χ3v) is 4.74. The van der Waals surface area contributed by atoms with Crippen LogP contribution in [0.3, 0.4) is 0 Å². The normalized spacial score (nSPS) is 15.8. The Morgan fingerprint density at radius 3 is 2.16 bits per heavy atom. The van der Waals surface area contributed by atoms with Gasteiger partial charge in [0.15, 0.2) is 0 Å². The van der Waals surface area contributed by atoms with Gasteiger partial charge in [0, 0.05) is 13.0 Å². The molecule has 3 nitrogen and oxygen atoms in total. The van der Waals surface area contributed by atoms with Gasteiger partial charge >= 0.3 is 0 Å². The van der Waals surface area contributed by atoms with Crippen LogP contribution in [-0.4, -0.2) is 18.1 Å². The van der Waals surface area contributed by atoms with Gasteiger partial charge in [0.2, 0.25) is 5.91 Å². The van der Waals surface area contributed by atoms with E-state index in [9.17, 15) is 4.79 Å². The van der Waals surface area contributed by atoms with Crippen LogP contribution in [0, 0.1) is 0 Å². The van der Waals surface area contributed by atoms with Gasteiger partial charge in [-0.2, -0.15) is 0 Å². The van der Waals surface area contributed by atoms with E-state index in [-0.39, 0.29) is 11.9 Å². The highest BCUT2D eigenvalue weighted by molar-refractivity contribution is 5.73. The second kappa shape index (κ2) is 8.19. The molecule has 1 N–H and O–H groups in total. The standard InChI is InChI=1S/C22H27NO2/c1-16(23-17(2)24)15-18-7-9-19(10-8-18)20-11-13-22(14-12-20)25-21-5-3-4-6-21/h7-14,16,21H,3-6,15H2,1-2H3,(H,23,24). The summed E-state index contributed by atoms with van der Waals surface area (Å²) in [6.07, 6.45) is 6.18. The second-order valence-corrected chi connectivity index (χ2v) is 7.05. The maximum Gasteiger partial charge on any atom is 0.217 e. The van der Waals surface area contributed by atoms with E-state index in [1.165, 1.54) is 42.4 Å². The minimum Gasteiger partial charge on any atom is -0.490 e. The highest BCUT2D eigenvalue weighted by Gasteiger charge is 2.16. The van der Waals surface area contributed by atoms with E-state index in [1.807, 2.05) is 6.92 Å². The lowest BCUT2D eigenvalue weighted by Gasteiger charge is -2.14. The van der Waals surface area contributed by atoms with Crippen LogP contribution in [0.15, 0.2) is 48.5 Å². The first-order chi connectivity index (χ1) is 12.1. The van der Waals surface area contributed by atoms with Gasteiger partial charge in [0.25, 0.3) is 0 Å². The van der Waals surface area contributed by atoms with Crippen molar-refractivity contribution < 1.29 is 9.53 Å². The Morgan fingerprint density at radius 1 is 1.04 bits per heavy atom. The van der Waals surface area contributed by atoms with Crippen molar-refractivity contribution >= 4 is 5.91 Å². The summed E-state index contributed by atoms with van der Waals surface area (Å²) in [5.41, 5.74) is 3.62. The van der Waals surface area contributed by atoms with E-state index in [1.54, 1.807) is 6.92 Å². The smallest absolute Gasteiger partial charge is 0.217 e. The molecular weight excluding hydrogens is 310 g/mol. The highest BCUT2D eigenvalue weighted by atomic mass is 16.5. The molecule has 1 fully saturated rings. The van der Waals surface area contributed by atoms with Crippen molar-refractivity contribution in [3.8, 4) is 16.9 Å². The molecule has 0 spiro atoms. The monoisotopic (exact) mass is 337 g/mol. The molecule has 3 rings (SSSR count). The average molecular weight is 337 g/mol. The molecule has 0 radical (unpaired) electrons. The zero-order chi connectivity index (χ0) is 17.6. The molecule has 2 aromatic carbocycles. The quantitative estimate of drug-likeness (QED) is 0.826. The molecule has 25 heavy (non-hydrogen) atoms. The summed E-state index contributed by atoms with van der Waals surface area (Å²) in [7, 11) is 0. The minimum absolute atomic E-state index is 0.0176. The number of hydrogen-bond donors (Lipinski definition) is 1. The van der Waals surface area contributed by atoms with E-state index in [4.69, 9.17) is 4.74 Å². The summed E-state index contributed by atoms with van der Waals surface area (Å²) in [4.78, 5) is 11.1. The molecule has 0 heterocycles. The molecule has 0 aromatic heterocycles. The topological polar surface area (TPSA) is 38.3 Å². The van der Waals surface area contributed by atoms with Crippen molar-refractivity contribution in [2.45, 2.75) is 58.1 Å². The molecule has 1 unspecified atom stereocenters. The Hall–Kier alpha value is -2.29. The zero-order valence-corrected chi connectivity index (χ0v) is 15.1. The minimum atomic E-state index is 0.0176. The van der Waals surface area contributed by atoms with Crippen LogP contribution in [0.25, 0.3) is 11.1 Å². The average Bonchev–Trinajstić information content (AvgIpc) is 3.08. The van der Waals surface area contributed by atoms with Gasteiger partial charge in [0.1, 0.15) is 5.75 Å². The summed E-state index contributed by atoms with van der Waals surface area (Å²) < 4.78 is 6.03. The maximum atomic E-state index is 11.1. The fourth-order valence-electron chi connectivity index (χ4n) is 3.51. The summed E-state index contributed by atoms with van der Waals surface area (Å²) in [5.74, 6) is 0.987. The second-order valence-electron chi connectivity index (χ2n) is 7.05. The van der Waals surface area contributed by atoms with Crippen LogP contribution in [-0.2, 0) is 11.2 Å². The SMILES string of the molecule is CC(=O)NC(C)Cc1ccc(-c2ccc(OC3CCCC3)cc2)cc1. The number of carbonyl (C=O) groups excluding carboxylic acids is 1. The van der Waals surface area contributed by atoms with Crippen molar-refractivity contribution in [1.29, 1.82) is 0 Å². The van der Waals surface area contributed by atoms with Crippen LogP contribution >= 0.6 is 0 Å². The first-order valence-electron chi connectivity index (χ1n) is 9.23. The third kappa shape index (κ3) is 5.09. The Bertz CT molecular complexity index is 685. The molecular formula is C22H27NO2. The van der Waals surface area contributed by atoms with E-state index >= 15 is 0 Å². The zero-order valence-electron chi connectivity index (χ0n) is 15.1. The molecule has 1 amide bonds. The fraction of sp³-hybridized carbons (Fsp3) is 0.409. The number of rotatable bonds is 6. The number of hydrogen-bond acceptors (Lipinski definition) is 2. The number of carbonyl (C=O) groups is 1. The van der Waals surface area contributed by atoms with Gasteiger partial charge < -0.3 is 10.1 Å². The largest absolute Gasteiger partial charge is 0.490 e. The lowest BCUT2D eigenvalue weighted by molar-refractivity contribution is -0.119. The van der Waals surface area contributed by atoms with E-state index in [0.29, 0.717) is 6.10 Å². The molecule has 1 atom stereocenters. The molecule has 0 bridgehead atoms. The van der Waals surface area contributed by atoms with Crippen molar-refractivity contribution in [3.05, 3.63) is 54.1 Å². The van der Waals surface area contributed by atoms with Gasteiger partial charge in [-0.05, 0) is 67.9 Å². The summed E-state index contributed by atoms with van der Waals surface area (Å²) >= 11 is 0. The number of ether oxygens (including phenoxy) is 1. The van der Waals surface area contributed by atoms with E-state index < -0.39 is 0 Å². The molecule has 0 saturated heterocycles. The van der Waals surface area contributed by atoms with Crippen LogP contribution in [0.4, 0.5) is 0 Å². The number of benzene rings is 2. The molecule has 3 heteroatoms. The lowest BCUT2D eigenvalue weighted by atomic mass is 10.0. The van der Waals surface area contributed by atoms with Crippen LogP contribution < -0.4 is 10.1 Å². The third-order valence-electron chi connectivity index (χ3n) is 4.74. The van der Waals surface area contributed by atoms with Crippen molar-refractivity contribution in [1.82, 2.24) is 5.32 Å². The van der Waals surface area contributed by atoms with Crippen LogP contribution in [0.5, 0.6) is 5.75 Å². The predicted octanol–water partition coefficient (Wildman–Crippen LogP) is 4.74. The number of nitrogens with one attached hydrogen (secondary N) is 1. The summed E-state index contributed by atoms with van der Waals surface area (Å²) in [6.45, 7) is 3.58. The van der Waals surface area contributed by atoms with Gasteiger partial charge in [-0.25, -0.2) is 0 Å². The molecule has 1 aliphatic carbocycles. The van der Waals surface area contributed by atoms with Gasteiger partial charge in [0.05, 0.1) is 6.10 Å². The summed E-state index contributed by atoms with van der Waals surface area (Å²) in [6, 6.07) is 17.1. The molecule has 1 aliphatic rings. The van der Waals surface area contributed by atoms with Crippen molar-refractivity contribution in [2.75, 3.05) is 0 Å². The van der Waals surface area contributed by atoms with Gasteiger partial charge in [-0.15, -0.1) is 0 Å². The van der Waals surface area contributed by atoms with E-state index in [0.717, 1.165) is 12.2 Å². The van der Waals surface area contributed by atoms with Crippen LogP contribution in [0.1, 0.15) is 45.1 Å². The van der Waals surface area contributed by atoms with E-state index in [2.05, 4.69) is 53.8 Å². The molecule has 0 aliphatic heterocycles. The summed E-state index contributed by atoms with van der Waals surface area (Å²) in [5, 5.41) is 2.92. The van der Waals surface area contributed by atoms with Gasteiger partial charge in [-0.1, -0.05) is 36.4 Å². The highest BCUT2D eigenvalue weighted by Crippen LogP contribution is 2.27. The molecule has 1 saturated carbocycles. The van der Waals surface area contributed by atoms with Crippen molar-refractivity contribution in [3.63, 3.8) is 0 Å². The van der Waals surface area contributed by atoms with Gasteiger partial charge in [-0.3, -0.25) is 4.79 Å². The Labute approximate surface area is 150 Å². The molecule has 2 aromatic rings. The predicted molar refractivity (Wildman–Crippen MR) is 102 cm³/mol. The first-order valence-corrected chi connectivity index (χ1v) is 9.23. The Morgan fingerprint density at radius 2 is 1.60 bits per heavy atom.